The number of hydrogen-bond acceptors (Lipinski definition) is 2. The van der Waals surface area contributed by atoms with Gasteiger partial charge in [-0.05, 0) is 24.1 Å². The van der Waals surface area contributed by atoms with Crippen molar-refractivity contribution < 1.29 is 5.32 Å². The molecule has 26 heavy (non-hydrogen) atoms. The van der Waals surface area contributed by atoms with Gasteiger partial charge in [0, 0.05) is 19.4 Å². The minimum atomic E-state index is 0.0855. The van der Waals surface area contributed by atoms with Crippen molar-refractivity contribution in [1.29, 1.82) is 0 Å². The number of fused-ring (bicyclic) bond motifs is 1. The van der Waals surface area contributed by atoms with Gasteiger partial charge in [-0.15, -0.1) is 0 Å². The van der Waals surface area contributed by atoms with Crippen LogP contribution in [0.15, 0.2) is 59.4 Å². The first-order valence-corrected chi connectivity index (χ1v) is 9.61. The molecule has 0 radical (unpaired) electrons. The zero-order chi connectivity index (χ0) is 18.4. The van der Waals surface area contributed by atoms with Crippen LogP contribution in [0, 0.1) is 0 Å². The van der Waals surface area contributed by atoms with Gasteiger partial charge in [-0.3, -0.25) is 9.36 Å². The summed E-state index contributed by atoms with van der Waals surface area (Å²) in [5, 5.41) is 3.04. The number of quaternary nitrogens is 1. The number of nitrogens with two attached hydrogens (primary N) is 1. The predicted octanol–water partition coefficient (Wildman–Crippen LogP) is 3.06. The van der Waals surface area contributed by atoms with E-state index in [4.69, 9.17) is 4.98 Å². The molecule has 0 spiro atoms. The molecule has 1 heterocycles. The first-order chi connectivity index (χ1) is 12.7. The molecule has 1 aromatic heterocycles. The molecule has 0 fully saturated rings. The van der Waals surface area contributed by atoms with E-state index in [-0.39, 0.29) is 11.6 Å². The number of rotatable bonds is 8. The van der Waals surface area contributed by atoms with Crippen LogP contribution in [0.1, 0.15) is 44.1 Å². The highest BCUT2D eigenvalue weighted by Crippen LogP contribution is 2.14. The van der Waals surface area contributed by atoms with E-state index in [1.807, 2.05) is 34.9 Å². The van der Waals surface area contributed by atoms with E-state index in [9.17, 15) is 4.79 Å². The lowest BCUT2D eigenvalue weighted by molar-refractivity contribution is -0.697. The van der Waals surface area contributed by atoms with E-state index in [1.54, 1.807) is 0 Å². The second-order valence-corrected chi connectivity index (χ2v) is 6.72. The van der Waals surface area contributed by atoms with Gasteiger partial charge >= 0.3 is 0 Å². The van der Waals surface area contributed by atoms with Crippen LogP contribution in [0.5, 0.6) is 0 Å². The Labute approximate surface area is 154 Å². The van der Waals surface area contributed by atoms with E-state index in [0.717, 1.165) is 43.7 Å². The monoisotopic (exact) mass is 350 g/mol. The van der Waals surface area contributed by atoms with Crippen molar-refractivity contribution in [3.8, 4) is 0 Å². The zero-order valence-corrected chi connectivity index (χ0v) is 15.7. The van der Waals surface area contributed by atoms with Crippen LogP contribution in [-0.2, 0) is 13.0 Å². The molecule has 0 aliphatic carbocycles. The summed E-state index contributed by atoms with van der Waals surface area (Å²) in [7, 11) is 0. The Balaban J connectivity index is 1.87. The standard InChI is InChI=1S/C22H27N3O/c1-3-16-25-21(24-20-13-9-8-12-18(20)22(25)26)19(4-2)23-15-14-17-10-6-5-7-11-17/h5-13,19,23H,3-4,14-16H2,1-2H3/p+1/t19-/m0/s1. The van der Waals surface area contributed by atoms with Gasteiger partial charge in [0.15, 0.2) is 5.82 Å². The van der Waals surface area contributed by atoms with Gasteiger partial charge in [0.2, 0.25) is 0 Å². The molecule has 136 valence electrons. The van der Waals surface area contributed by atoms with Gasteiger partial charge in [0.25, 0.3) is 5.56 Å². The van der Waals surface area contributed by atoms with Gasteiger partial charge in [-0.2, -0.15) is 0 Å². The molecule has 1 atom stereocenters. The van der Waals surface area contributed by atoms with Gasteiger partial charge < -0.3 is 5.32 Å². The molecule has 0 bridgehead atoms. The number of nitrogens with zero attached hydrogens (tertiary/aromatic N) is 2. The fourth-order valence-electron chi connectivity index (χ4n) is 3.46. The SMILES string of the molecule is CCCn1c([C@H](CC)[NH2+]CCc2ccccc2)nc2ccccc2c1=O. The molecular formula is C22H28N3O+. The quantitative estimate of drug-likeness (QED) is 0.679. The predicted molar refractivity (Wildman–Crippen MR) is 106 cm³/mol. The smallest absolute Gasteiger partial charge is 0.261 e. The molecule has 4 nitrogen and oxygen atoms in total. The number of para-hydroxylation sites is 1. The Morgan fingerprint density at radius 3 is 2.50 bits per heavy atom. The largest absolute Gasteiger partial charge is 0.337 e. The van der Waals surface area contributed by atoms with Crippen molar-refractivity contribution in [3.05, 3.63) is 76.3 Å². The maximum absolute atomic E-state index is 13.0. The van der Waals surface area contributed by atoms with Crippen LogP contribution in [0.4, 0.5) is 0 Å². The third-order valence-electron chi connectivity index (χ3n) is 4.84. The molecule has 2 N–H and O–H groups in total. The van der Waals surface area contributed by atoms with Crippen LogP contribution in [0.25, 0.3) is 10.9 Å². The molecule has 2 aromatic carbocycles. The third kappa shape index (κ3) is 4.02. The first kappa shape index (κ1) is 18.3. The summed E-state index contributed by atoms with van der Waals surface area (Å²) in [6.07, 6.45) is 2.89. The van der Waals surface area contributed by atoms with Crippen LogP contribution in [0.3, 0.4) is 0 Å². The molecule has 0 amide bonds. The van der Waals surface area contributed by atoms with Crippen molar-refractivity contribution in [2.75, 3.05) is 6.54 Å². The minimum Gasteiger partial charge on any atom is -0.337 e. The van der Waals surface area contributed by atoms with Crippen molar-refractivity contribution in [1.82, 2.24) is 9.55 Å². The molecule has 0 aliphatic heterocycles. The summed E-state index contributed by atoms with van der Waals surface area (Å²) in [6.45, 7) is 5.97. The molecule has 3 aromatic rings. The molecule has 0 saturated carbocycles. The van der Waals surface area contributed by atoms with Gasteiger partial charge in [0.05, 0.1) is 17.4 Å². The molecule has 0 saturated heterocycles. The number of benzene rings is 2. The first-order valence-electron chi connectivity index (χ1n) is 9.61. The van der Waals surface area contributed by atoms with E-state index >= 15 is 0 Å². The summed E-state index contributed by atoms with van der Waals surface area (Å²) in [5.41, 5.74) is 2.23. The van der Waals surface area contributed by atoms with E-state index in [0.29, 0.717) is 5.39 Å². The lowest BCUT2D eigenvalue weighted by Crippen LogP contribution is -2.86. The minimum absolute atomic E-state index is 0.0855. The summed E-state index contributed by atoms with van der Waals surface area (Å²) >= 11 is 0. The summed E-state index contributed by atoms with van der Waals surface area (Å²) in [4.78, 5) is 17.8. The van der Waals surface area contributed by atoms with Crippen LogP contribution in [-0.4, -0.2) is 16.1 Å². The lowest BCUT2D eigenvalue weighted by atomic mass is 10.1. The molecule has 0 unspecified atom stereocenters. The second-order valence-electron chi connectivity index (χ2n) is 6.72. The highest BCUT2D eigenvalue weighted by Gasteiger charge is 2.20. The average molecular weight is 350 g/mol. The average Bonchev–Trinajstić information content (AvgIpc) is 2.68. The Morgan fingerprint density at radius 2 is 1.77 bits per heavy atom. The van der Waals surface area contributed by atoms with Gasteiger partial charge in [0.1, 0.15) is 6.04 Å². The van der Waals surface area contributed by atoms with Crippen molar-refractivity contribution in [2.24, 2.45) is 0 Å². The third-order valence-corrected chi connectivity index (χ3v) is 4.84. The van der Waals surface area contributed by atoms with Crippen LogP contribution >= 0.6 is 0 Å². The second kappa shape index (κ2) is 8.77. The topological polar surface area (TPSA) is 51.5 Å². The summed E-state index contributed by atoms with van der Waals surface area (Å²) in [5.74, 6) is 0.908. The molecule has 4 heteroatoms. The maximum atomic E-state index is 13.0. The van der Waals surface area contributed by atoms with Crippen molar-refractivity contribution in [3.63, 3.8) is 0 Å². The van der Waals surface area contributed by atoms with E-state index in [1.165, 1.54) is 5.56 Å². The maximum Gasteiger partial charge on any atom is 0.261 e. The van der Waals surface area contributed by atoms with E-state index in [2.05, 4.69) is 43.4 Å². The molecule has 0 aliphatic rings. The summed E-state index contributed by atoms with van der Waals surface area (Å²) in [6, 6.07) is 18.4. The Kier molecular flexibility index (Phi) is 6.18. The van der Waals surface area contributed by atoms with Crippen LogP contribution in [0.2, 0.25) is 0 Å². The highest BCUT2D eigenvalue weighted by molar-refractivity contribution is 5.77. The molecule has 3 rings (SSSR count). The van der Waals surface area contributed by atoms with Crippen molar-refractivity contribution in [2.45, 2.75) is 45.7 Å². The zero-order valence-electron chi connectivity index (χ0n) is 15.7. The summed E-state index contributed by atoms with van der Waals surface area (Å²) < 4.78 is 1.88. The lowest BCUT2D eigenvalue weighted by Gasteiger charge is -2.19. The van der Waals surface area contributed by atoms with Gasteiger partial charge in [-0.1, -0.05) is 56.3 Å². The van der Waals surface area contributed by atoms with Crippen LogP contribution < -0.4 is 10.9 Å². The van der Waals surface area contributed by atoms with Gasteiger partial charge in [-0.25, -0.2) is 4.98 Å². The number of hydrogen-bond donors (Lipinski definition) is 1. The van der Waals surface area contributed by atoms with Crippen molar-refractivity contribution >= 4 is 10.9 Å². The molecular weight excluding hydrogens is 322 g/mol. The Morgan fingerprint density at radius 1 is 1.04 bits per heavy atom. The number of aromatic nitrogens is 2. The fraction of sp³-hybridized carbons (Fsp3) is 0.364. The Hall–Kier alpha value is -2.46. The fourth-order valence-corrected chi connectivity index (χ4v) is 3.46. The van der Waals surface area contributed by atoms with E-state index < -0.39 is 0 Å². The Bertz CT molecular complexity index is 902. The highest BCUT2D eigenvalue weighted by atomic mass is 16.1. The normalized spacial score (nSPS) is 12.4.